The molecule has 6 aromatic carbocycles. The highest BCUT2D eigenvalue weighted by Gasteiger charge is 2.24. The number of rotatable bonds is 4. The Morgan fingerprint density at radius 3 is 1.87 bits per heavy atom. The van der Waals surface area contributed by atoms with E-state index in [9.17, 15) is 0 Å². The van der Waals surface area contributed by atoms with Gasteiger partial charge in [-0.05, 0) is 66.7 Å². The van der Waals surface area contributed by atoms with Crippen LogP contribution in [0.25, 0.3) is 71.2 Å². The number of nitrogens with one attached hydrogen (secondary N) is 2. The minimum atomic E-state index is 0.873. The Hall–Kier alpha value is -6.34. The van der Waals surface area contributed by atoms with Gasteiger partial charge < -0.3 is 8.98 Å². The summed E-state index contributed by atoms with van der Waals surface area (Å²) in [5.41, 5.74) is 7.89. The predicted molar refractivity (Wildman–Crippen MR) is 182 cm³/mol. The second kappa shape index (κ2) is 9.08. The summed E-state index contributed by atoms with van der Waals surface area (Å²) in [4.78, 5) is 2.19. The van der Waals surface area contributed by atoms with Crippen LogP contribution in [0.2, 0.25) is 0 Å². The van der Waals surface area contributed by atoms with E-state index in [4.69, 9.17) is 4.42 Å². The van der Waals surface area contributed by atoms with E-state index in [2.05, 4.69) is 109 Å². The van der Waals surface area contributed by atoms with Crippen molar-refractivity contribution < 1.29 is 4.42 Å². The van der Waals surface area contributed by atoms with Crippen LogP contribution in [0.3, 0.4) is 0 Å². The van der Waals surface area contributed by atoms with Crippen molar-refractivity contribution >= 4 is 82.9 Å². The first-order valence-electron chi connectivity index (χ1n) is 14.9. The van der Waals surface area contributed by atoms with E-state index in [1.807, 2.05) is 54.6 Å². The zero-order valence-corrected chi connectivity index (χ0v) is 23.9. The quantitative estimate of drug-likeness (QED) is 0.217. The fourth-order valence-electron chi connectivity index (χ4n) is 6.90. The SMILES string of the molecule is c1ccc2c(N(c3ccc4c(c3)c3ccccc3n4-c3cccc4oc5ccccc5c34)c3[nH]nc4ccccc34)[nH]nc2c1. The number of hydrogen-bond donors (Lipinski definition) is 2. The largest absolute Gasteiger partial charge is 0.456 e. The molecule has 7 nitrogen and oxygen atoms in total. The van der Waals surface area contributed by atoms with Gasteiger partial charge in [-0.3, -0.25) is 15.1 Å². The minimum Gasteiger partial charge on any atom is -0.456 e. The number of fused-ring (bicyclic) bond motifs is 8. The van der Waals surface area contributed by atoms with Gasteiger partial charge in [-0.25, -0.2) is 0 Å². The van der Waals surface area contributed by atoms with Gasteiger partial charge in [-0.15, -0.1) is 0 Å². The number of nitrogens with zero attached hydrogens (tertiary/aromatic N) is 4. The maximum absolute atomic E-state index is 6.28. The Bertz CT molecular complexity index is 2670. The van der Waals surface area contributed by atoms with Crippen LogP contribution >= 0.6 is 0 Å². The summed E-state index contributed by atoms with van der Waals surface area (Å²) in [6.45, 7) is 0. The summed E-state index contributed by atoms with van der Waals surface area (Å²) in [5, 5.41) is 22.5. The van der Waals surface area contributed by atoms with Crippen molar-refractivity contribution in [2.75, 3.05) is 4.90 Å². The highest BCUT2D eigenvalue weighted by molar-refractivity contribution is 6.15. The van der Waals surface area contributed by atoms with Gasteiger partial charge in [-0.1, -0.05) is 66.7 Å². The lowest BCUT2D eigenvalue weighted by Gasteiger charge is -2.22. The average molecular weight is 581 g/mol. The number of para-hydroxylation sites is 4. The second-order valence-corrected chi connectivity index (χ2v) is 11.3. The molecule has 7 heteroatoms. The highest BCUT2D eigenvalue weighted by Crippen LogP contribution is 2.43. The fraction of sp³-hybridized carbons (Fsp3) is 0. The van der Waals surface area contributed by atoms with Gasteiger partial charge in [0.25, 0.3) is 0 Å². The van der Waals surface area contributed by atoms with Crippen molar-refractivity contribution in [2.45, 2.75) is 0 Å². The van der Waals surface area contributed by atoms with E-state index in [1.54, 1.807) is 0 Å². The Morgan fingerprint density at radius 2 is 1.11 bits per heavy atom. The van der Waals surface area contributed by atoms with Crippen LogP contribution in [0.15, 0.2) is 138 Å². The summed E-state index contributed by atoms with van der Waals surface area (Å²) >= 11 is 0. The Labute approximate surface area is 255 Å². The third kappa shape index (κ3) is 3.40. The normalized spacial score (nSPS) is 12.0. The van der Waals surface area contributed by atoms with E-state index in [0.717, 1.165) is 83.2 Å². The average Bonchev–Trinajstić information content (AvgIpc) is 3.87. The molecule has 0 bridgehead atoms. The molecule has 0 aliphatic rings. The molecule has 45 heavy (non-hydrogen) atoms. The Morgan fingerprint density at radius 1 is 0.511 bits per heavy atom. The molecule has 0 radical (unpaired) electrons. The first-order chi connectivity index (χ1) is 22.3. The van der Waals surface area contributed by atoms with Crippen LogP contribution in [-0.4, -0.2) is 25.0 Å². The van der Waals surface area contributed by atoms with Gasteiger partial charge in [0.1, 0.15) is 22.8 Å². The van der Waals surface area contributed by atoms with E-state index in [-0.39, 0.29) is 0 Å². The zero-order valence-electron chi connectivity index (χ0n) is 23.9. The van der Waals surface area contributed by atoms with E-state index >= 15 is 0 Å². The Balaban J connectivity index is 1.27. The van der Waals surface area contributed by atoms with Crippen molar-refractivity contribution in [2.24, 2.45) is 0 Å². The van der Waals surface area contributed by atoms with Crippen LogP contribution in [-0.2, 0) is 0 Å². The number of aromatic nitrogens is 5. The predicted octanol–water partition coefficient (Wildman–Crippen LogP) is 9.91. The Kier molecular flexibility index (Phi) is 4.87. The summed E-state index contributed by atoms with van der Waals surface area (Å²) in [6, 6.07) is 46.2. The van der Waals surface area contributed by atoms with E-state index < -0.39 is 0 Å². The molecule has 0 aliphatic heterocycles. The number of aromatic amines is 2. The van der Waals surface area contributed by atoms with Gasteiger partial charge in [0.15, 0.2) is 0 Å². The molecular weight excluding hydrogens is 556 g/mol. The van der Waals surface area contributed by atoms with Gasteiger partial charge in [0, 0.05) is 32.6 Å². The lowest BCUT2D eigenvalue weighted by Crippen LogP contribution is -2.11. The van der Waals surface area contributed by atoms with E-state index in [1.165, 1.54) is 5.39 Å². The van der Waals surface area contributed by atoms with Crippen LogP contribution in [0.1, 0.15) is 0 Å². The van der Waals surface area contributed by atoms with Crippen molar-refractivity contribution in [3.63, 3.8) is 0 Å². The summed E-state index contributed by atoms with van der Waals surface area (Å²) < 4.78 is 8.64. The van der Waals surface area contributed by atoms with Crippen molar-refractivity contribution in [3.8, 4) is 5.69 Å². The molecule has 0 amide bonds. The lowest BCUT2D eigenvalue weighted by molar-refractivity contribution is 0.669. The van der Waals surface area contributed by atoms with Crippen molar-refractivity contribution in [3.05, 3.63) is 133 Å². The van der Waals surface area contributed by atoms with Crippen molar-refractivity contribution in [1.82, 2.24) is 25.0 Å². The fourth-order valence-corrected chi connectivity index (χ4v) is 6.90. The molecule has 0 fully saturated rings. The number of H-pyrrole nitrogens is 2. The molecule has 0 aliphatic carbocycles. The molecule has 0 saturated heterocycles. The molecule has 0 unspecified atom stereocenters. The van der Waals surface area contributed by atoms with Crippen LogP contribution in [0, 0.1) is 0 Å². The van der Waals surface area contributed by atoms with Crippen molar-refractivity contribution in [1.29, 1.82) is 0 Å². The molecule has 2 N–H and O–H groups in total. The van der Waals surface area contributed by atoms with E-state index in [0.29, 0.717) is 0 Å². The monoisotopic (exact) mass is 580 g/mol. The minimum absolute atomic E-state index is 0.873. The first-order valence-corrected chi connectivity index (χ1v) is 14.9. The smallest absolute Gasteiger partial charge is 0.142 e. The third-order valence-electron chi connectivity index (χ3n) is 8.87. The standard InChI is InChI=1S/C38H24N6O/c1-5-14-29-25(11-1)37(41-39-29)43(38-26-12-2-6-15-30(26)40-42-38)23-20-21-32-28(22-23)24-10-3-7-16-31(24)44(32)33-17-9-19-35-36(33)27-13-4-8-18-34(27)45-35/h1-22H,(H,39,41)(H,40,42). The maximum atomic E-state index is 6.28. The molecular formula is C38H24N6O. The number of hydrogen-bond acceptors (Lipinski definition) is 4. The first kappa shape index (κ1) is 24.1. The topological polar surface area (TPSA) is 78.7 Å². The van der Waals surface area contributed by atoms with Crippen LogP contribution < -0.4 is 4.90 Å². The zero-order chi connectivity index (χ0) is 29.5. The molecule has 212 valence electrons. The second-order valence-electron chi connectivity index (χ2n) is 11.3. The molecule has 0 spiro atoms. The lowest BCUT2D eigenvalue weighted by atomic mass is 10.1. The molecule has 4 heterocycles. The highest BCUT2D eigenvalue weighted by atomic mass is 16.3. The molecule has 0 atom stereocenters. The van der Waals surface area contributed by atoms with Gasteiger partial charge in [0.2, 0.25) is 0 Å². The summed E-state index contributed by atoms with van der Waals surface area (Å²) in [7, 11) is 0. The molecule has 10 rings (SSSR count). The molecule has 0 saturated carbocycles. The molecule has 4 aromatic heterocycles. The van der Waals surface area contributed by atoms with Gasteiger partial charge in [0.05, 0.1) is 33.1 Å². The number of benzene rings is 6. The molecule has 10 aromatic rings. The summed E-state index contributed by atoms with van der Waals surface area (Å²) in [5.74, 6) is 1.75. The van der Waals surface area contributed by atoms with Crippen LogP contribution in [0.4, 0.5) is 17.3 Å². The van der Waals surface area contributed by atoms with Gasteiger partial charge in [-0.2, -0.15) is 10.2 Å². The van der Waals surface area contributed by atoms with Crippen LogP contribution in [0.5, 0.6) is 0 Å². The third-order valence-corrected chi connectivity index (χ3v) is 8.87. The number of anilines is 3. The van der Waals surface area contributed by atoms with Gasteiger partial charge >= 0.3 is 0 Å². The number of furan rings is 1. The maximum Gasteiger partial charge on any atom is 0.142 e. The summed E-state index contributed by atoms with van der Waals surface area (Å²) in [6.07, 6.45) is 0.